The molecule has 0 aliphatic heterocycles. The first kappa shape index (κ1) is 42.4. The SMILES string of the molecule is COc1c(C(C)(C)C)cc(-c2ccc(OC)c3[cH-]ccc23)cc1C(C)(C)C.Cl.Cl.[C-]1=Cc2ccccc2C1.[CH3-].[CH3-].[Si]=[Zr]. The van der Waals surface area contributed by atoms with Gasteiger partial charge in [0.05, 0.1) is 14.2 Å². The van der Waals surface area contributed by atoms with Crippen LogP contribution in [0.25, 0.3) is 28.0 Å². The Kier molecular flexibility index (Phi) is 18.4. The van der Waals surface area contributed by atoms with Gasteiger partial charge in [-0.25, -0.2) is 6.08 Å². The van der Waals surface area contributed by atoms with Crippen LogP contribution in [0.5, 0.6) is 11.5 Å². The molecule has 0 aromatic heterocycles. The van der Waals surface area contributed by atoms with Gasteiger partial charge in [-0.2, -0.15) is 17.7 Å². The molecule has 0 atom stereocenters. The Morgan fingerprint density at radius 2 is 1.38 bits per heavy atom. The Labute approximate surface area is 285 Å². The molecule has 6 heteroatoms. The summed E-state index contributed by atoms with van der Waals surface area (Å²) < 4.78 is 11.5. The number of halogens is 2. The van der Waals surface area contributed by atoms with E-state index in [2.05, 4.69) is 127 Å². The Morgan fingerprint density at radius 1 is 0.810 bits per heavy atom. The summed E-state index contributed by atoms with van der Waals surface area (Å²) in [7, 11) is 3.51. The fraction of sp³-hybridized carbons (Fsp3) is 0.306. The van der Waals surface area contributed by atoms with Crippen LogP contribution in [0.2, 0.25) is 0 Å². The molecule has 0 amide bonds. The van der Waals surface area contributed by atoms with E-state index in [1.807, 2.05) is 0 Å². The van der Waals surface area contributed by atoms with Gasteiger partial charge in [-0.15, -0.1) is 59.7 Å². The van der Waals surface area contributed by atoms with Crippen molar-refractivity contribution in [2.75, 3.05) is 14.2 Å². The average Bonchev–Trinajstić information content (AvgIpc) is 3.58. The van der Waals surface area contributed by atoms with Crippen LogP contribution in [0.4, 0.5) is 0 Å². The first-order valence-electron chi connectivity index (χ1n) is 12.9. The molecule has 4 aromatic carbocycles. The number of methoxy groups -OCH3 is 2. The zero-order chi connectivity index (χ0) is 28.1. The van der Waals surface area contributed by atoms with Gasteiger partial charge in [0.2, 0.25) is 0 Å². The van der Waals surface area contributed by atoms with E-state index in [4.69, 9.17) is 9.47 Å². The van der Waals surface area contributed by atoms with Crippen molar-refractivity contribution in [3.8, 4) is 22.6 Å². The third-order valence-electron chi connectivity index (χ3n) is 6.82. The van der Waals surface area contributed by atoms with E-state index in [9.17, 15) is 0 Å². The first-order chi connectivity index (χ1) is 18.0. The van der Waals surface area contributed by atoms with Crippen LogP contribution in [0.15, 0.2) is 66.7 Å². The third-order valence-corrected chi connectivity index (χ3v) is 6.82. The molecule has 2 radical (unpaired) electrons. The number of benzene rings is 3. The molecule has 0 N–H and O–H groups in total. The Morgan fingerprint density at radius 3 is 1.88 bits per heavy atom. The second-order valence-corrected chi connectivity index (χ2v) is 11.5. The zero-order valence-electron chi connectivity index (χ0n) is 26.8. The Bertz CT molecular complexity index is 1390. The topological polar surface area (TPSA) is 18.5 Å². The van der Waals surface area contributed by atoms with Crippen LogP contribution in [-0.4, -0.2) is 21.1 Å². The minimum atomic E-state index is -0.0149. The number of allylic oxidation sites excluding steroid dienone is 1. The number of hydrogen-bond donors (Lipinski definition) is 0. The van der Waals surface area contributed by atoms with Crippen molar-refractivity contribution in [3.05, 3.63) is 110 Å². The van der Waals surface area contributed by atoms with Crippen molar-refractivity contribution in [2.45, 2.75) is 58.8 Å². The molecule has 1 aliphatic rings. The van der Waals surface area contributed by atoms with Crippen molar-refractivity contribution in [2.24, 2.45) is 0 Å². The van der Waals surface area contributed by atoms with Gasteiger partial charge < -0.3 is 24.3 Å². The van der Waals surface area contributed by atoms with Crippen molar-refractivity contribution >= 4 is 48.5 Å². The van der Waals surface area contributed by atoms with E-state index in [0.717, 1.165) is 23.3 Å². The third kappa shape index (κ3) is 9.65. The van der Waals surface area contributed by atoms with Gasteiger partial charge in [-0.1, -0.05) is 77.4 Å². The predicted molar refractivity (Wildman–Crippen MR) is 186 cm³/mol. The molecule has 0 saturated heterocycles. The molecular weight excluding hydrogens is 655 g/mol. The summed E-state index contributed by atoms with van der Waals surface area (Å²) in [5.74, 6) is 1.92. The van der Waals surface area contributed by atoms with Gasteiger partial charge in [0, 0.05) is 16.9 Å². The number of fused-ring (bicyclic) bond motifs is 2. The minimum absolute atomic E-state index is 0. The predicted octanol–water partition coefficient (Wildman–Crippen LogP) is 10.3. The molecule has 5 rings (SSSR count). The first-order valence-corrected chi connectivity index (χ1v) is 17.1. The summed E-state index contributed by atoms with van der Waals surface area (Å²) in [6.07, 6.45) is 6.21. The van der Waals surface area contributed by atoms with Crippen molar-refractivity contribution in [3.63, 3.8) is 0 Å². The van der Waals surface area contributed by atoms with Gasteiger partial charge >= 0.3 is 30.2 Å². The molecule has 228 valence electrons. The van der Waals surface area contributed by atoms with E-state index < -0.39 is 0 Å². The van der Waals surface area contributed by atoms with Crippen molar-refractivity contribution in [1.29, 1.82) is 0 Å². The molecule has 0 saturated carbocycles. The van der Waals surface area contributed by atoms with Crippen LogP contribution >= 0.6 is 24.8 Å². The summed E-state index contributed by atoms with van der Waals surface area (Å²) in [5, 5.41) is 2.37. The quantitative estimate of drug-likeness (QED) is 0.157. The molecule has 1 aliphatic carbocycles. The van der Waals surface area contributed by atoms with Gasteiger partial charge in [0.25, 0.3) is 0 Å². The van der Waals surface area contributed by atoms with Crippen LogP contribution in [0, 0.1) is 20.9 Å². The average molecular weight is 701 g/mol. The monoisotopic (exact) mass is 698 g/mol. The van der Waals surface area contributed by atoms with Crippen molar-refractivity contribution < 1.29 is 32.8 Å². The van der Waals surface area contributed by atoms with E-state index in [1.54, 1.807) is 14.2 Å². The Balaban J connectivity index is 0. The zero-order valence-corrected chi connectivity index (χ0v) is 31.9. The van der Waals surface area contributed by atoms with Gasteiger partial charge in [0.15, 0.2) is 0 Å². The summed E-state index contributed by atoms with van der Waals surface area (Å²) in [4.78, 5) is 0. The fourth-order valence-electron chi connectivity index (χ4n) is 4.86. The maximum atomic E-state index is 5.91. The van der Waals surface area contributed by atoms with Crippen LogP contribution in [0.3, 0.4) is 0 Å². The number of rotatable bonds is 3. The molecule has 42 heavy (non-hydrogen) atoms. The van der Waals surface area contributed by atoms with Crippen LogP contribution < -0.4 is 9.47 Å². The molecule has 0 spiro atoms. The van der Waals surface area contributed by atoms with E-state index in [1.165, 1.54) is 62.1 Å². The maximum absolute atomic E-state index is 5.91. The summed E-state index contributed by atoms with van der Waals surface area (Å²) >= 11 is 1.36. The van der Waals surface area contributed by atoms with E-state index in [0.29, 0.717) is 0 Å². The summed E-state index contributed by atoms with van der Waals surface area (Å²) in [6, 6.07) is 23.6. The second kappa shape index (κ2) is 18.2. The normalized spacial score (nSPS) is 11.0. The second-order valence-electron chi connectivity index (χ2n) is 11.5. The van der Waals surface area contributed by atoms with E-state index in [-0.39, 0.29) is 50.5 Å². The Hall–Kier alpha value is -1.71. The van der Waals surface area contributed by atoms with Gasteiger partial charge in [-0.05, 0) is 28.5 Å². The summed E-state index contributed by atoms with van der Waals surface area (Å²) in [6.45, 7) is 16.5. The molecule has 0 fully saturated rings. The van der Waals surface area contributed by atoms with E-state index >= 15 is 0 Å². The molecular formula is C36H46Cl2O2SiZr-4. The van der Waals surface area contributed by atoms with Crippen molar-refractivity contribution in [1.82, 2.24) is 0 Å². The van der Waals surface area contributed by atoms with Gasteiger partial charge in [0.1, 0.15) is 5.75 Å². The number of hydrogen-bond acceptors (Lipinski definition) is 2. The summed E-state index contributed by atoms with van der Waals surface area (Å²) in [5.41, 5.74) is 7.64. The molecule has 0 unspecified atom stereocenters. The van der Waals surface area contributed by atoms with Gasteiger partial charge in [-0.3, -0.25) is 6.08 Å². The number of ether oxygens (including phenoxy) is 2. The fourth-order valence-corrected chi connectivity index (χ4v) is 4.86. The molecule has 4 aromatic rings. The van der Waals surface area contributed by atoms with Crippen LogP contribution in [0.1, 0.15) is 63.8 Å². The molecule has 2 nitrogen and oxygen atoms in total. The molecule has 0 heterocycles. The van der Waals surface area contributed by atoms with Crippen LogP contribution in [-0.2, 0) is 40.6 Å². The standard InChI is InChI=1S/C25H31O2.C9H7.2CH3.2ClH.Si.Zr/c1-24(2,3)20-14-16(15-21(23(20)27-8)25(4,5)6)17-12-13-22(26-7)19-11-9-10-18(17)19;1-2-5-9-7-3-6-8(9)4-1;;;;;;/h9-15H,1-8H3;1-2,4-6H,7H2;2*1H3;2*1H;;/q4*-1;;;;. The molecule has 0 bridgehead atoms.